The van der Waals surface area contributed by atoms with Crippen molar-refractivity contribution >= 4 is 31.8 Å². The molecule has 0 aliphatic heterocycles. The molecule has 0 aliphatic rings. The molecule has 1 aromatic heterocycles. The molecule has 0 saturated carbocycles. The van der Waals surface area contributed by atoms with E-state index in [1.807, 2.05) is 22.5 Å². The van der Waals surface area contributed by atoms with Crippen molar-refractivity contribution in [2.45, 2.75) is 141 Å². The first kappa shape index (κ1) is 40.1. The van der Waals surface area contributed by atoms with Gasteiger partial charge in [0.05, 0.1) is 11.7 Å². The van der Waals surface area contributed by atoms with E-state index in [2.05, 4.69) is 77.4 Å². The van der Waals surface area contributed by atoms with E-state index in [9.17, 15) is 9.59 Å². The van der Waals surface area contributed by atoms with Crippen LogP contribution in [0.2, 0.25) is 25.7 Å². The summed E-state index contributed by atoms with van der Waals surface area (Å²) in [6.07, 6.45) is 14.0. The molecule has 0 aliphatic carbocycles. The highest BCUT2D eigenvalue weighted by Gasteiger charge is 2.41. The third-order valence-corrected chi connectivity index (χ3v) is 12.2. The topological polar surface area (TPSA) is 90.6 Å². The fourth-order valence-electron chi connectivity index (χ4n) is 6.16. The molecule has 1 N–H and O–H groups in total. The van der Waals surface area contributed by atoms with Crippen LogP contribution in [0.4, 0.5) is 0 Å². The van der Waals surface area contributed by atoms with E-state index in [1.54, 1.807) is 19.6 Å². The summed E-state index contributed by atoms with van der Waals surface area (Å²) in [5.41, 5.74) is 1.95. The van der Waals surface area contributed by atoms with Gasteiger partial charge in [0, 0.05) is 44.1 Å². The minimum absolute atomic E-state index is 0.130. The summed E-state index contributed by atoms with van der Waals surface area (Å²) in [6.45, 7) is 18.4. The minimum atomic E-state index is -1.42. The molecule has 0 spiro atoms. The zero-order chi connectivity index (χ0) is 34.3. The molecule has 46 heavy (non-hydrogen) atoms. The lowest BCUT2D eigenvalue weighted by Crippen LogP contribution is -2.39. The highest BCUT2D eigenvalue weighted by molar-refractivity contribution is 8.00. The van der Waals surface area contributed by atoms with Crippen molar-refractivity contribution in [1.29, 1.82) is 0 Å². The lowest BCUT2D eigenvalue weighted by Gasteiger charge is -2.38. The number of aryl methyl sites for hydroxylation is 2. The molecule has 7 nitrogen and oxygen atoms in total. The van der Waals surface area contributed by atoms with E-state index in [-0.39, 0.29) is 19.0 Å². The molecule has 0 amide bonds. The van der Waals surface area contributed by atoms with Gasteiger partial charge in [-0.2, -0.15) is 0 Å². The maximum absolute atomic E-state index is 14.1. The lowest BCUT2D eigenvalue weighted by molar-refractivity contribution is -0.162. The van der Waals surface area contributed by atoms with E-state index in [4.69, 9.17) is 14.6 Å². The molecule has 4 unspecified atom stereocenters. The Labute approximate surface area is 284 Å². The first-order valence-corrected chi connectivity index (χ1v) is 21.9. The Morgan fingerprint density at radius 3 is 2.20 bits per heavy atom. The second-order valence-corrected chi connectivity index (χ2v) is 22.0. The van der Waals surface area contributed by atoms with Crippen LogP contribution in [0, 0.1) is 31.1 Å². The average Bonchev–Trinajstić information content (AvgIpc) is 3.49. The van der Waals surface area contributed by atoms with Gasteiger partial charge in [-0.3, -0.25) is 9.59 Å². The smallest absolute Gasteiger partial charge is 0.311 e. The highest BCUT2D eigenvalue weighted by Crippen LogP contribution is 2.44. The van der Waals surface area contributed by atoms with Gasteiger partial charge in [-0.15, -0.1) is 11.8 Å². The Hall–Kier alpha value is -2.10. The van der Waals surface area contributed by atoms with E-state index >= 15 is 0 Å². The van der Waals surface area contributed by atoms with Gasteiger partial charge in [0.1, 0.15) is 6.61 Å². The second-order valence-electron chi connectivity index (χ2n) is 15.1. The Balaban J connectivity index is 2.27. The standard InChI is InChI=1S/C37H62N2O5SSi/c1-28(2)32(25-37(5,18-21-46(7,8)9)36(42)44-26-34(43-6)39-20-19-38-27-39)33(45-31-23-29(3)22-30(4)24-31)16-14-12-10-11-13-15-17-35(40)41/h19-20,22-24,27-28,32-34H,10-18,21,25-26H2,1-9H3,(H,40,41). The monoisotopic (exact) mass is 674 g/mol. The largest absolute Gasteiger partial charge is 0.481 e. The predicted octanol–water partition coefficient (Wildman–Crippen LogP) is 9.95. The molecule has 9 heteroatoms. The molecule has 0 fully saturated rings. The summed E-state index contributed by atoms with van der Waals surface area (Å²) in [6, 6.07) is 7.88. The van der Waals surface area contributed by atoms with E-state index in [0.717, 1.165) is 63.8 Å². The number of ether oxygens (including phenoxy) is 2. The summed E-state index contributed by atoms with van der Waals surface area (Å²) in [5.74, 6) is -0.109. The van der Waals surface area contributed by atoms with Gasteiger partial charge < -0.3 is 19.1 Å². The molecule has 260 valence electrons. The maximum atomic E-state index is 14.1. The van der Waals surface area contributed by atoms with Crippen LogP contribution in [0.25, 0.3) is 0 Å². The number of carbonyl (C=O) groups excluding carboxylic acids is 1. The van der Waals surface area contributed by atoms with Gasteiger partial charge in [-0.05, 0) is 81.5 Å². The SMILES string of the molecule is COC(COC(=O)C(C)(CC[Si](C)(C)C)CC(C(C)C)C(CCCCCCCCC(=O)O)Sc1cc(C)cc(C)c1)n1ccnc1. The van der Waals surface area contributed by atoms with Crippen LogP contribution in [0.3, 0.4) is 0 Å². The molecule has 0 bridgehead atoms. The number of thioether (sulfide) groups is 1. The Morgan fingerprint density at radius 1 is 1.02 bits per heavy atom. The van der Waals surface area contributed by atoms with Crippen LogP contribution in [-0.4, -0.2) is 53.6 Å². The number of benzene rings is 1. The molecular weight excluding hydrogens is 613 g/mol. The Morgan fingerprint density at radius 2 is 1.65 bits per heavy atom. The normalized spacial score (nSPS) is 15.3. The summed E-state index contributed by atoms with van der Waals surface area (Å²) in [5, 5.41) is 9.29. The van der Waals surface area contributed by atoms with Crippen LogP contribution in [0.5, 0.6) is 0 Å². The van der Waals surface area contributed by atoms with Crippen molar-refractivity contribution in [2.75, 3.05) is 13.7 Å². The van der Waals surface area contributed by atoms with Gasteiger partial charge in [0.2, 0.25) is 0 Å². The van der Waals surface area contributed by atoms with Crippen LogP contribution in [0.15, 0.2) is 41.8 Å². The first-order chi connectivity index (χ1) is 21.6. The number of aromatic nitrogens is 2. The molecule has 2 rings (SSSR count). The van der Waals surface area contributed by atoms with Gasteiger partial charge in [0.15, 0.2) is 6.23 Å². The van der Waals surface area contributed by atoms with Crippen LogP contribution in [0.1, 0.15) is 102 Å². The van der Waals surface area contributed by atoms with Crippen molar-refractivity contribution in [3.05, 3.63) is 48.0 Å². The second kappa shape index (κ2) is 19.7. The van der Waals surface area contributed by atoms with Crippen molar-refractivity contribution in [1.82, 2.24) is 9.55 Å². The number of esters is 1. The molecular formula is C37H62N2O5SSi. The third kappa shape index (κ3) is 14.8. The number of unbranched alkanes of at least 4 members (excludes halogenated alkanes) is 5. The number of rotatable bonds is 23. The van der Waals surface area contributed by atoms with Gasteiger partial charge in [0.25, 0.3) is 0 Å². The highest BCUT2D eigenvalue weighted by atomic mass is 32.2. The van der Waals surface area contributed by atoms with Gasteiger partial charge >= 0.3 is 11.9 Å². The number of carboxylic acid groups (broad SMARTS) is 1. The van der Waals surface area contributed by atoms with Crippen LogP contribution < -0.4 is 0 Å². The lowest BCUT2D eigenvalue weighted by atomic mass is 9.73. The summed E-state index contributed by atoms with van der Waals surface area (Å²) in [7, 11) is 0.212. The molecule has 4 atom stereocenters. The van der Waals surface area contributed by atoms with E-state index in [1.165, 1.54) is 16.0 Å². The number of hydrogen-bond donors (Lipinski definition) is 1. The van der Waals surface area contributed by atoms with Crippen molar-refractivity contribution < 1.29 is 24.2 Å². The van der Waals surface area contributed by atoms with Gasteiger partial charge in [-0.1, -0.05) is 77.7 Å². The van der Waals surface area contributed by atoms with Crippen LogP contribution in [-0.2, 0) is 19.1 Å². The quantitative estimate of drug-likeness (QED) is 0.0543. The number of carbonyl (C=O) groups is 2. The first-order valence-electron chi connectivity index (χ1n) is 17.3. The molecule has 1 heterocycles. The number of nitrogens with zero attached hydrogens (tertiary/aromatic N) is 2. The molecule has 0 radical (unpaired) electrons. The predicted molar refractivity (Wildman–Crippen MR) is 193 cm³/mol. The zero-order valence-corrected chi connectivity index (χ0v) is 32.0. The van der Waals surface area contributed by atoms with Gasteiger partial charge in [-0.25, -0.2) is 4.98 Å². The fourth-order valence-corrected chi connectivity index (χ4v) is 9.19. The molecule has 2 aromatic rings. The van der Waals surface area contributed by atoms with Crippen molar-refractivity contribution in [3.8, 4) is 0 Å². The summed E-state index contributed by atoms with van der Waals surface area (Å²) < 4.78 is 13.5. The number of aliphatic carboxylic acids is 1. The van der Waals surface area contributed by atoms with E-state index < -0.39 is 25.7 Å². The number of hydrogen-bond acceptors (Lipinski definition) is 6. The number of imidazole rings is 1. The van der Waals surface area contributed by atoms with Crippen LogP contribution >= 0.6 is 11.8 Å². The van der Waals surface area contributed by atoms with Crippen molar-refractivity contribution in [3.63, 3.8) is 0 Å². The summed E-state index contributed by atoms with van der Waals surface area (Å²) >= 11 is 1.99. The molecule has 0 saturated heterocycles. The zero-order valence-electron chi connectivity index (χ0n) is 30.1. The number of methoxy groups -OCH3 is 1. The summed E-state index contributed by atoms with van der Waals surface area (Å²) in [4.78, 5) is 30.4. The maximum Gasteiger partial charge on any atom is 0.311 e. The number of carboxylic acids is 1. The average molecular weight is 675 g/mol. The molecule has 1 aromatic carbocycles. The Kier molecular flexibility index (Phi) is 17.1. The third-order valence-electron chi connectivity index (χ3n) is 9.04. The fraction of sp³-hybridized carbons (Fsp3) is 0.703. The van der Waals surface area contributed by atoms with E-state index in [0.29, 0.717) is 17.1 Å². The minimum Gasteiger partial charge on any atom is -0.481 e. The Bertz CT molecular complexity index is 1160. The van der Waals surface area contributed by atoms with Crippen molar-refractivity contribution in [2.24, 2.45) is 17.3 Å².